The Labute approximate surface area is 110 Å². The van der Waals surface area contributed by atoms with Gasteiger partial charge in [-0.25, -0.2) is 0 Å². The van der Waals surface area contributed by atoms with Gasteiger partial charge in [-0.2, -0.15) is 0 Å². The Balaban J connectivity index is 1.43. The number of hydrogen-bond acceptors (Lipinski definition) is 3. The number of nitrogens with one attached hydrogen (secondary N) is 1. The SMILES string of the molecule is O=C(CC1CC2CCC(C1)N2)OC1CCCCC1. The van der Waals surface area contributed by atoms with E-state index in [1.165, 1.54) is 44.9 Å². The topological polar surface area (TPSA) is 38.3 Å². The van der Waals surface area contributed by atoms with Crippen molar-refractivity contribution in [1.29, 1.82) is 0 Å². The zero-order valence-electron chi connectivity index (χ0n) is 11.2. The molecule has 0 aromatic carbocycles. The van der Waals surface area contributed by atoms with E-state index in [0.29, 0.717) is 24.4 Å². The largest absolute Gasteiger partial charge is 0.462 e. The molecule has 1 N–H and O–H groups in total. The molecule has 3 aliphatic rings. The highest BCUT2D eigenvalue weighted by atomic mass is 16.5. The Bertz CT molecular complexity index is 287. The molecule has 0 aromatic heterocycles. The third-order valence-corrected chi connectivity index (χ3v) is 4.88. The van der Waals surface area contributed by atoms with Crippen molar-refractivity contribution in [3.8, 4) is 0 Å². The molecule has 0 spiro atoms. The summed E-state index contributed by atoms with van der Waals surface area (Å²) in [6, 6.07) is 1.35. The highest BCUT2D eigenvalue weighted by molar-refractivity contribution is 5.70. The molecule has 1 aliphatic carbocycles. The predicted octanol–water partition coefficient (Wildman–Crippen LogP) is 2.78. The maximum Gasteiger partial charge on any atom is 0.306 e. The number of carbonyl (C=O) groups is 1. The second-order valence-electron chi connectivity index (χ2n) is 6.43. The Morgan fingerprint density at radius 2 is 1.67 bits per heavy atom. The second kappa shape index (κ2) is 5.60. The molecule has 3 nitrogen and oxygen atoms in total. The van der Waals surface area contributed by atoms with Crippen LogP contribution in [0.15, 0.2) is 0 Å². The summed E-state index contributed by atoms with van der Waals surface area (Å²) in [6.45, 7) is 0. The molecule has 3 fully saturated rings. The van der Waals surface area contributed by atoms with Gasteiger partial charge in [0.05, 0.1) is 0 Å². The van der Waals surface area contributed by atoms with Crippen LogP contribution < -0.4 is 5.32 Å². The van der Waals surface area contributed by atoms with E-state index in [4.69, 9.17) is 4.74 Å². The molecule has 2 unspecified atom stereocenters. The van der Waals surface area contributed by atoms with E-state index < -0.39 is 0 Å². The van der Waals surface area contributed by atoms with Crippen LogP contribution in [-0.2, 0) is 9.53 Å². The number of rotatable bonds is 3. The van der Waals surface area contributed by atoms with Gasteiger partial charge in [0.15, 0.2) is 0 Å². The lowest BCUT2D eigenvalue weighted by Crippen LogP contribution is -2.39. The highest BCUT2D eigenvalue weighted by Crippen LogP contribution is 2.33. The lowest BCUT2D eigenvalue weighted by molar-refractivity contribution is -0.151. The summed E-state index contributed by atoms with van der Waals surface area (Å²) in [5, 5.41) is 3.62. The molecular weight excluding hydrogens is 226 g/mol. The summed E-state index contributed by atoms with van der Waals surface area (Å²) >= 11 is 0. The quantitative estimate of drug-likeness (QED) is 0.784. The van der Waals surface area contributed by atoms with Crippen molar-refractivity contribution in [2.45, 2.75) is 82.4 Å². The first kappa shape index (κ1) is 12.5. The molecule has 2 saturated heterocycles. The molecule has 102 valence electrons. The van der Waals surface area contributed by atoms with Crippen molar-refractivity contribution in [2.24, 2.45) is 5.92 Å². The minimum atomic E-state index is 0.0631. The van der Waals surface area contributed by atoms with Crippen LogP contribution >= 0.6 is 0 Å². The molecule has 2 bridgehead atoms. The van der Waals surface area contributed by atoms with E-state index in [1.807, 2.05) is 0 Å². The van der Waals surface area contributed by atoms with Crippen molar-refractivity contribution in [3.05, 3.63) is 0 Å². The van der Waals surface area contributed by atoms with E-state index in [9.17, 15) is 4.79 Å². The van der Waals surface area contributed by atoms with Crippen molar-refractivity contribution in [1.82, 2.24) is 5.32 Å². The molecular formula is C15H25NO2. The highest BCUT2D eigenvalue weighted by Gasteiger charge is 2.34. The standard InChI is InChI=1S/C15H25NO2/c17-15(18-14-4-2-1-3-5-14)10-11-8-12-6-7-13(9-11)16-12/h11-14,16H,1-10H2. The van der Waals surface area contributed by atoms with Gasteiger partial charge < -0.3 is 10.1 Å². The number of piperidine rings is 1. The molecule has 0 aromatic rings. The fourth-order valence-electron chi connectivity index (χ4n) is 3.99. The van der Waals surface area contributed by atoms with Crippen molar-refractivity contribution >= 4 is 5.97 Å². The zero-order valence-corrected chi connectivity index (χ0v) is 11.2. The first-order valence-electron chi connectivity index (χ1n) is 7.75. The Morgan fingerprint density at radius 1 is 1.00 bits per heavy atom. The molecule has 2 aliphatic heterocycles. The lowest BCUT2D eigenvalue weighted by Gasteiger charge is -2.29. The van der Waals surface area contributed by atoms with Gasteiger partial charge in [0.2, 0.25) is 0 Å². The van der Waals surface area contributed by atoms with Crippen LogP contribution in [0.25, 0.3) is 0 Å². The Morgan fingerprint density at radius 3 is 2.33 bits per heavy atom. The summed E-state index contributed by atoms with van der Waals surface area (Å²) < 4.78 is 5.63. The van der Waals surface area contributed by atoms with Crippen LogP contribution in [-0.4, -0.2) is 24.2 Å². The van der Waals surface area contributed by atoms with Crippen molar-refractivity contribution in [3.63, 3.8) is 0 Å². The van der Waals surface area contributed by atoms with Crippen LogP contribution in [0.3, 0.4) is 0 Å². The minimum absolute atomic E-state index is 0.0631. The van der Waals surface area contributed by atoms with Crippen LogP contribution in [0, 0.1) is 5.92 Å². The summed E-state index contributed by atoms with van der Waals surface area (Å²) in [7, 11) is 0. The zero-order chi connectivity index (χ0) is 12.4. The fourth-order valence-corrected chi connectivity index (χ4v) is 3.99. The van der Waals surface area contributed by atoms with E-state index in [-0.39, 0.29) is 12.1 Å². The summed E-state index contributed by atoms with van der Waals surface area (Å²) in [4.78, 5) is 12.0. The molecule has 0 amide bonds. The second-order valence-corrected chi connectivity index (χ2v) is 6.43. The predicted molar refractivity (Wildman–Crippen MR) is 70.3 cm³/mol. The van der Waals surface area contributed by atoms with E-state index in [0.717, 1.165) is 12.8 Å². The van der Waals surface area contributed by atoms with E-state index in [2.05, 4.69) is 5.32 Å². The molecule has 2 atom stereocenters. The molecule has 3 heteroatoms. The Hall–Kier alpha value is -0.570. The molecule has 2 heterocycles. The van der Waals surface area contributed by atoms with E-state index >= 15 is 0 Å². The van der Waals surface area contributed by atoms with Crippen LogP contribution in [0.5, 0.6) is 0 Å². The minimum Gasteiger partial charge on any atom is -0.462 e. The summed E-state index contributed by atoms with van der Waals surface area (Å²) in [6.07, 6.45) is 11.8. The number of esters is 1. The van der Waals surface area contributed by atoms with Gasteiger partial charge >= 0.3 is 5.97 Å². The maximum atomic E-state index is 12.0. The van der Waals surface area contributed by atoms with Crippen LogP contribution in [0.4, 0.5) is 0 Å². The van der Waals surface area contributed by atoms with Crippen molar-refractivity contribution < 1.29 is 9.53 Å². The van der Waals surface area contributed by atoms with Gasteiger partial charge in [-0.05, 0) is 57.3 Å². The maximum absolute atomic E-state index is 12.0. The van der Waals surface area contributed by atoms with Crippen LogP contribution in [0.2, 0.25) is 0 Å². The third-order valence-electron chi connectivity index (χ3n) is 4.88. The smallest absolute Gasteiger partial charge is 0.306 e. The lowest BCUT2D eigenvalue weighted by atomic mass is 9.89. The summed E-state index contributed by atoms with van der Waals surface area (Å²) in [5.74, 6) is 0.632. The first-order chi connectivity index (χ1) is 8.79. The first-order valence-corrected chi connectivity index (χ1v) is 7.75. The van der Waals surface area contributed by atoms with Gasteiger partial charge in [0, 0.05) is 18.5 Å². The van der Waals surface area contributed by atoms with Gasteiger partial charge in [-0.1, -0.05) is 6.42 Å². The normalized spacial score (nSPS) is 36.6. The molecule has 0 radical (unpaired) electrons. The molecule has 1 saturated carbocycles. The van der Waals surface area contributed by atoms with E-state index in [1.54, 1.807) is 0 Å². The Kier molecular flexibility index (Phi) is 3.88. The van der Waals surface area contributed by atoms with Gasteiger partial charge in [-0.15, -0.1) is 0 Å². The third kappa shape index (κ3) is 3.05. The van der Waals surface area contributed by atoms with Crippen LogP contribution in [0.1, 0.15) is 64.2 Å². The number of ether oxygens (including phenoxy) is 1. The number of fused-ring (bicyclic) bond motifs is 2. The monoisotopic (exact) mass is 251 g/mol. The summed E-state index contributed by atoms with van der Waals surface area (Å²) in [5.41, 5.74) is 0. The van der Waals surface area contributed by atoms with Gasteiger partial charge in [0.1, 0.15) is 6.10 Å². The van der Waals surface area contributed by atoms with Gasteiger partial charge in [0.25, 0.3) is 0 Å². The average Bonchev–Trinajstić information content (AvgIpc) is 2.70. The average molecular weight is 251 g/mol. The fraction of sp³-hybridized carbons (Fsp3) is 0.933. The number of hydrogen-bond donors (Lipinski definition) is 1. The van der Waals surface area contributed by atoms with Gasteiger partial charge in [-0.3, -0.25) is 4.79 Å². The number of carbonyl (C=O) groups excluding carboxylic acids is 1. The van der Waals surface area contributed by atoms with Crippen molar-refractivity contribution in [2.75, 3.05) is 0 Å². The molecule has 18 heavy (non-hydrogen) atoms. The molecule has 3 rings (SSSR count).